The van der Waals surface area contributed by atoms with Crippen LogP contribution in [0.1, 0.15) is 15.9 Å². The number of halogens is 1. The second-order valence-corrected chi connectivity index (χ2v) is 6.30. The van der Waals surface area contributed by atoms with Crippen molar-refractivity contribution in [1.29, 1.82) is 0 Å². The molecule has 0 saturated heterocycles. The predicted octanol–water partition coefficient (Wildman–Crippen LogP) is 4.68. The third-order valence-corrected chi connectivity index (χ3v) is 4.78. The molecule has 0 saturated carbocycles. The van der Waals surface area contributed by atoms with Gasteiger partial charge in [-0.15, -0.1) is 22.7 Å². The molecule has 1 N–H and O–H groups in total. The minimum absolute atomic E-state index is 0.242. The van der Waals surface area contributed by atoms with E-state index in [9.17, 15) is 9.18 Å². The molecule has 1 aromatic carbocycles. The Hall–Kier alpha value is -2.05. The standard InChI is InChI=1S/C15H10FNO2S2/c1-8-2-3-11(16)10(4-8)14-17-12(7-21-14)13-5-9(6-20-13)15(18)19/h2-7H,1H3,(H,18,19). The maximum Gasteiger partial charge on any atom is 0.336 e. The van der Waals surface area contributed by atoms with Crippen LogP contribution in [0.3, 0.4) is 0 Å². The van der Waals surface area contributed by atoms with Crippen LogP contribution in [0.15, 0.2) is 35.0 Å². The maximum absolute atomic E-state index is 13.9. The Morgan fingerprint density at radius 3 is 2.76 bits per heavy atom. The van der Waals surface area contributed by atoms with E-state index in [1.165, 1.54) is 28.7 Å². The van der Waals surface area contributed by atoms with Crippen LogP contribution < -0.4 is 0 Å². The van der Waals surface area contributed by atoms with Gasteiger partial charge in [-0.2, -0.15) is 0 Å². The third kappa shape index (κ3) is 2.72. The summed E-state index contributed by atoms with van der Waals surface area (Å²) in [7, 11) is 0. The normalized spacial score (nSPS) is 10.8. The zero-order valence-corrected chi connectivity index (χ0v) is 12.6. The number of thiazole rings is 1. The lowest BCUT2D eigenvalue weighted by Gasteiger charge is -2.00. The number of aromatic nitrogens is 1. The van der Waals surface area contributed by atoms with E-state index in [0.717, 1.165) is 10.4 Å². The Bertz CT molecular complexity index is 823. The van der Waals surface area contributed by atoms with E-state index in [1.807, 2.05) is 12.3 Å². The average molecular weight is 319 g/mol. The number of rotatable bonds is 3. The molecule has 106 valence electrons. The van der Waals surface area contributed by atoms with Crippen molar-refractivity contribution in [3.63, 3.8) is 0 Å². The first-order valence-corrected chi connectivity index (χ1v) is 7.85. The summed E-state index contributed by atoms with van der Waals surface area (Å²) in [5.74, 6) is -1.27. The fourth-order valence-electron chi connectivity index (χ4n) is 1.90. The van der Waals surface area contributed by atoms with Crippen LogP contribution in [-0.2, 0) is 0 Å². The minimum atomic E-state index is -0.960. The van der Waals surface area contributed by atoms with Gasteiger partial charge in [-0.3, -0.25) is 0 Å². The second kappa shape index (κ2) is 5.38. The number of benzene rings is 1. The summed E-state index contributed by atoms with van der Waals surface area (Å²) in [6.45, 7) is 1.90. The highest BCUT2D eigenvalue weighted by molar-refractivity contribution is 7.15. The Morgan fingerprint density at radius 1 is 1.24 bits per heavy atom. The lowest BCUT2D eigenvalue weighted by molar-refractivity contribution is 0.0697. The van der Waals surface area contributed by atoms with Gasteiger partial charge in [0.05, 0.1) is 16.1 Å². The van der Waals surface area contributed by atoms with E-state index in [4.69, 9.17) is 5.11 Å². The first-order valence-electron chi connectivity index (χ1n) is 6.09. The van der Waals surface area contributed by atoms with Crippen LogP contribution in [0.25, 0.3) is 21.1 Å². The van der Waals surface area contributed by atoms with Crippen LogP contribution >= 0.6 is 22.7 Å². The zero-order chi connectivity index (χ0) is 15.0. The highest BCUT2D eigenvalue weighted by atomic mass is 32.1. The van der Waals surface area contributed by atoms with Crippen molar-refractivity contribution in [2.45, 2.75) is 6.92 Å². The van der Waals surface area contributed by atoms with Gasteiger partial charge in [-0.05, 0) is 25.1 Å². The molecule has 0 aliphatic rings. The Kier molecular flexibility index (Phi) is 3.57. The van der Waals surface area contributed by atoms with E-state index < -0.39 is 5.97 Å². The SMILES string of the molecule is Cc1ccc(F)c(-c2nc(-c3cc(C(=O)O)cs3)cs2)c1. The Balaban J connectivity index is 1.99. The fourth-order valence-corrected chi connectivity index (χ4v) is 3.65. The van der Waals surface area contributed by atoms with Crippen LogP contribution in [-0.4, -0.2) is 16.1 Å². The number of carboxylic acid groups (broad SMARTS) is 1. The molecule has 3 aromatic rings. The van der Waals surface area contributed by atoms with Gasteiger partial charge < -0.3 is 5.11 Å². The van der Waals surface area contributed by atoms with E-state index in [1.54, 1.807) is 23.6 Å². The van der Waals surface area contributed by atoms with Crippen molar-refractivity contribution in [2.24, 2.45) is 0 Å². The molecule has 3 nitrogen and oxygen atoms in total. The largest absolute Gasteiger partial charge is 0.478 e. The molecular formula is C15H10FNO2S2. The van der Waals surface area contributed by atoms with Gasteiger partial charge in [0.1, 0.15) is 10.8 Å². The molecule has 0 aliphatic heterocycles. The van der Waals surface area contributed by atoms with E-state index in [0.29, 0.717) is 16.3 Å². The van der Waals surface area contributed by atoms with Crippen molar-refractivity contribution in [1.82, 2.24) is 4.98 Å². The molecule has 0 spiro atoms. The van der Waals surface area contributed by atoms with E-state index >= 15 is 0 Å². The molecule has 0 amide bonds. The lowest BCUT2D eigenvalue weighted by atomic mass is 10.1. The quantitative estimate of drug-likeness (QED) is 0.762. The average Bonchev–Trinajstić information content (AvgIpc) is 3.09. The summed E-state index contributed by atoms with van der Waals surface area (Å²) in [5.41, 5.74) is 2.35. The molecule has 0 bridgehead atoms. The van der Waals surface area contributed by atoms with Crippen molar-refractivity contribution in [2.75, 3.05) is 0 Å². The van der Waals surface area contributed by atoms with Gasteiger partial charge in [0.2, 0.25) is 0 Å². The van der Waals surface area contributed by atoms with Crippen molar-refractivity contribution >= 4 is 28.6 Å². The molecule has 0 atom stereocenters. The summed E-state index contributed by atoms with van der Waals surface area (Å²) in [6, 6.07) is 6.48. The summed E-state index contributed by atoms with van der Waals surface area (Å²) < 4.78 is 13.9. The lowest BCUT2D eigenvalue weighted by Crippen LogP contribution is -1.91. The smallest absolute Gasteiger partial charge is 0.336 e. The first-order chi connectivity index (χ1) is 10.0. The van der Waals surface area contributed by atoms with Gasteiger partial charge in [-0.1, -0.05) is 11.6 Å². The van der Waals surface area contributed by atoms with Gasteiger partial charge in [0, 0.05) is 16.3 Å². The Labute approximate surface area is 128 Å². The van der Waals surface area contributed by atoms with Crippen molar-refractivity contribution in [3.8, 4) is 21.1 Å². The van der Waals surface area contributed by atoms with Crippen LogP contribution in [0.5, 0.6) is 0 Å². The highest BCUT2D eigenvalue weighted by Crippen LogP contribution is 2.33. The van der Waals surface area contributed by atoms with Gasteiger partial charge >= 0.3 is 5.97 Å². The topological polar surface area (TPSA) is 50.2 Å². The van der Waals surface area contributed by atoms with Crippen LogP contribution in [0.2, 0.25) is 0 Å². The Morgan fingerprint density at radius 2 is 2.05 bits per heavy atom. The van der Waals surface area contributed by atoms with Crippen LogP contribution in [0, 0.1) is 12.7 Å². The number of carbonyl (C=O) groups is 1. The number of carboxylic acids is 1. The monoisotopic (exact) mass is 319 g/mol. The number of aromatic carboxylic acids is 1. The molecule has 2 aromatic heterocycles. The second-order valence-electron chi connectivity index (χ2n) is 4.53. The highest BCUT2D eigenvalue weighted by Gasteiger charge is 2.13. The number of nitrogens with zero attached hydrogens (tertiary/aromatic N) is 1. The van der Waals surface area contributed by atoms with E-state index in [2.05, 4.69) is 4.98 Å². The first kappa shape index (κ1) is 13.9. The molecular weight excluding hydrogens is 309 g/mol. The molecule has 6 heteroatoms. The molecule has 0 unspecified atom stereocenters. The predicted molar refractivity (Wildman–Crippen MR) is 82.5 cm³/mol. The summed E-state index contributed by atoms with van der Waals surface area (Å²) >= 11 is 2.66. The zero-order valence-electron chi connectivity index (χ0n) is 11.0. The summed E-state index contributed by atoms with van der Waals surface area (Å²) in [6.07, 6.45) is 0. The third-order valence-electron chi connectivity index (χ3n) is 2.96. The fraction of sp³-hybridized carbons (Fsp3) is 0.0667. The summed E-state index contributed by atoms with van der Waals surface area (Å²) in [5, 5.41) is 12.9. The maximum atomic E-state index is 13.9. The summed E-state index contributed by atoms with van der Waals surface area (Å²) in [4.78, 5) is 16.1. The number of aryl methyl sites for hydroxylation is 1. The molecule has 3 rings (SSSR count). The molecule has 0 aliphatic carbocycles. The van der Waals surface area contributed by atoms with Gasteiger partial charge in [0.15, 0.2) is 0 Å². The number of thiophene rings is 1. The van der Waals surface area contributed by atoms with Crippen molar-refractivity contribution in [3.05, 3.63) is 52.0 Å². The number of hydrogen-bond acceptors (Lipinski definition) is 4. The van der Waals surface area contributed by atoms with E-state index in [-0.39, 0.29) is 11.4 Å². The number of hydrogen-bond donors (Lipinski definition) is 1. The van der Waals surface area contributed by atoms with Crippen molar-refractivity contribution < 1.29 is 14.3 Å². The molecule has 0 radical (unpaired) electrons. The minimum Gasteiger partial charge on any atom is -0.478 e. The van der Waals surface area contributed by atoms with Crippen LogP contribution in [0.4, 0.5) is 4.39 Å². The molecule has 21 heavy (non-hydrogen) atoms. The van der Waals surface area contributed by atoms with Gasteiger partial charge in [0.25, 0.3) is 0 Å². The molecule has 2 heterocycles. The van der Waals surface area contributed by atoms with Gasteiger partial charge in [-0.25, -0.2) is 14.2 Å². The molecule has 0 fully saturated rings.